The van der Waals surface area contributed by atoms with Gasteiger partial charge in [0.2, 0.25) is 0 Å². The molecule has 0 aromatic carbocycles. The topological polar surface area (TPSA) is 40.5 Å². The van der Waals surface area contributed by atoms with Crippen LogP contribution in [0.1, 0.15) is 38.5 Å². The molecule has 1 aliphatic heterocycles. The molecule has 0 bridgehead atoms. The van der Waals surface area contributed by atoms with E-state index >= 15 is 0 Å². The van der Waals surface area contributed by atoms with Crippen molar-refractivity contribution in [2.24, 2.45) is 11.8 Å². The number of carbonyl (C=O) groups is 1. The van der Waals surface area contributed by atoms with Crippen molar-refractivity contribution in [1.29, 1.82) is 0 Å². The van der Waals surface area contributed by atoms with E-state index in [4.69, 9.17) is 5.11 Å². The van der Waals surface area contributed by atoms with Gasteiger partial charge >= 0.3 is 5.97 Å². The first-order valence-electron chi connectivity index (χ1n) is 6.21. The second kappa shape index (κ2) is 6.45. The van der Waals surface area contributed by atoms with E-state index in [-0.39, 0.29) is 18.3 Å². The summed E-state index contributed by atoms with van der Waals surface area (Å²) in [4.78, 5) is 13.2. The lowest BCUT2D eigenvalue weighted by Gasteiger charge is -2.26. The van der Waals surface area contributed by atoms with Crippen LogP contribution >= 0.6 is 12.4 Å². The summed E-state index contributed by atoms with van der Waals surface area (Å²) in [6.07, 6.45) is 7.71. The Morgan fingerprint density at radius 2 is 1.88 bits per heavy atom. The van der Waals surface area contributed by atoms with E-state index < -0.39 is 5.97 Å². The van der Waals surface area contributed by atoms with E-state index in [1.54, 1.807) is 0 Å². The van der Waals surface area contributed by atoms with Gasteiger partial charge in [-0.1, -0.05) is 19.3 Å². The van der Waals surface area contributed by atoms with Gasteiger partial charge in [-0.2, -0.15) is 0 Å². The highest BCUT2D eigenvalue weighted by molar-refractivity contribution is 5.85. The average Bonchev–Trinajstić information content (AvgIpc) is 2.68. The van der Waals surface area contributed by atoms with Crippen molar-refractivity contribution in [1.82, 2.24) is 4.90 Å². The molecule has 0 amide bonds. The molecule has 1 saturated heterocycles. The summed E-state index contributed by atoms with van der Waals surface area (Å²) >= 11 is 0. The van der Waals surface area contributed by atoms with Crippen LogP contribution in [-0.2, 0) is 4.79 Å². The molecule has 1 saturated carbocycles. The van der Waals surface area contributed by atoms with Crippen LogP contribution in [-0.4, -0.2) is 35.6 Å². The van der Waals surface area contributed by atoms with E-state index in [1.807, 2.05) is 0 Å². The molecule has 3 nitrogen and oxygen atoms in total. The van der Waals surface area contributed by atoms with Crippen molar-refractivity contribution in [3.63, 3.8) is 0 Å². The zero-order valence-electron chi connectivity index (χ0n) is 9.73. The highest BCUT2D eigenvalue weighted by Gasteiger charge is 2.29. The van der Waals surface area contributed by atoms with Crippen LogP contribution in [0.15, 0.2) is 0 Å². The van der Waals surface area contributed by atoms with Crippen molar-refractivity contribution in [3.8, 4) is 0 Å². The van der Waals surface area contributed by atoms with E-state index in [1.165, 1.54) is 32.1 Å². The Balaban J connectivity index is 0.00000128. The fourth-order valence-corrected chi connectivity index (χ4v) is 2.93. The van der Waals surface area contributed by atoms with Crippen LogP contribution in [0.2, 0.25) is 0 Å². The van der Waals surface area contributed by atoms with Gasteiger partial charge in [-0.05, 0) is 31.7 Å². The van der Waals surface area contributed by atoms with Crippen molar-refractivity contribution >= 4 is 18.4 Å². The van der Waals surface area contributed by atoms with Crippen molar-refractivity contribution in [2.75, 3.05) is 19.6 Å². The SMILES string of the molecule is Cl.O=C(O)C1CCN(CC2CCCCC2)C1. The second-order valence-corrected chi connectivity index (χ2v) is 5.09. The molecule has 1 N–H and O–H groups in total. The summed E-state index contributed by atoms with van der Waals surface area (Å²) in [6, 6.07) is 0. The Hall–Kier alpha value is -0.280. The highest BCUT2D eigenvalue weighted by atomic mass is 35.5. The molecule has 16 heavy (non-hydrogen) atoms. The fourth-order valence-electron chi connectivity index (χ4n) is 2.93. The molecule has 1 heterocycles. The first-order valence-corrected chi connectivity index (χ1v) is 6.21. The Kier molecular flexibility index (Phi) is 5.56. The number of hydrogen-bond donors (Lipinski definition) is 1. The molecular formula is C12H22ClNO2. The van der Waals surface area contributed by atoms with Crippen LogP contribution in [0.4, 0.5) is 0 Å². The molecule has 94 valence electrons. The number of rotatable bonds is 3. The van der Waals surface area contributed by atoms with E-state index in [2.05, 4.69) is 4.90 Å². The lowest BCUT2D eigenvalue weighted by Crippen LogP contribution is -2.29. The first-order chi connectivity index (χ1) is 7.25. The molecule has 1 aliphatic carbocycles. The lowest BCUT2D eigenvalue weighted by molar-refractivity contribution is -0.141. The molecule has 2 rings (SSSR count). The van der Waals surface area contributed by atoms with Gasteiger partial charge in [0, 0.05) is 13.1 Å². The summed E-state index contributed by atoms with van der Waals surface area (Å²) in [5.74, 6) is 0.126. The predicted octanol–water partition coefficient (Wildman–Crippen LogP) is 2.40. The third-order valence-electron chi connectivity index (χ3n) is 3.86. The fraction of sp³-hybridized carbons (Fsp3) is 0.917. The molecule has 2 fully saturated rings. The molecule has 0 spiro atoms. The molecule has 1 unspecified atom stereocenters. The minimum Gasteiger partial charge on any atom is -0.481 e. The van der Waals surface area contributed by atoms with E-state index in [0.717, 1.165) is 32.0 Å². The van der Waals surface area contributed by atoms with Crippen LogP contribution in [0, 0.1) is 11.8 Å². The standard InChI is InChI=1S/C12H21NO2.ClH/c14-12(15)11-6-7-13(9-11)8-10-4-2-1-3-5-10;/h10-11H,1-9H2,(H,14,15);1H. The number of nitrogens with zero attached hydrogens (tertiary/aromatic N) is 1. The molecule has 1 atom stereocenters. The molecule has 0 radical (unpaired) electrons. The molecule has 0 aromatic heterocycles. The zero-order valence-corrected chi connectivity index (χ0v) is 10.5. The highest BCUT2D eigenvalue weighted by Crippen LogP contribution is 2.26. The molecule has 2 aliphatic rings. The van der Waals surface area contributed by atoms with Crippen LogP contribution in [0.5, 0.6) is 0 Å². The Morgan fingerprint density at radius 3 is 2.44 bits per heavy atom. The van der Waals surface area contributed by atoms with E-state index in [9.17, 15) is 4.79 Å². The zero-order chi connectivity index (χ0) is 10.7. The maximum atomic E-state index is 10.8. The molecule has 0 aromatic rings. The number of hydrogen-bond acceptors (Lipinski definition) is 2. The number of likely N-dealkylation sites (tertiary alicyclic amines) is 1. The van der Waals surface area contributed by atoms with Gasteiger partial charge in [0.25, 0.3) is 0 Å². The maximum absolute atomic E-state index is 10.8. The quantitative estimate of drug-likeness (QED) is 0.833. The summed E-state index contributed by atoms with van der Waals surface area (Å²) in [7, 11) is 0. The Morgan fingerprint density at radius 1 is 1.19 bits per heavy atom. The lowest BCUT2D eigenvalue weighted by atomic mass is 9.89. The van der Waals surface area contributed by atoms with Crippen LogP contribution < -0.4 is 0 Å². The maximum Gasteiger partial charge on any atom is 0.307 e. The number of carboxylic acid groups (broad SMARTS) is 1. The predicted molar refractivity (Wildman–Crippen MR) is 66.0 cm³/mol. The van der Waals surface area contributed by atoms with Gasteiger partial charge < -0.3 is 10.0 Å². The van der Waals surface area contributed by atoms with Gasteiger partial charge in [-0.3, -0.25) is 4.79 Å². The largest absolute Gasteiger partial charge is 0.481 e. The molecule has 4 heteroatoms. The van der Waals surface area contributed by atoms with Crippen molar-refractivity contribution < 1.29 is 9.90 Å². The van der Waals surface area contributed by atoms with Crippen molar-refractivity contribution in [3.05, 3.63) is 0 Å². The van der Waals surface area contributed by atoms with Gasteiger partial charge in [0.1, 0.15) is 0 Å². The summed E-state index contributed by atoms with van der Waals surface area (Å²) in [5, 5.41) is 8.91. The number of halogens is 1. The van der Waals surface area contributed by atoms with Gasteiger partial charge in [-0.25, -0.2) is 0 Å². The third-order valence-corrected chi connectivity index (χ3v) is 3.86. The summed E-state index contributed by atoms with van der Waals surface area (Å²) in [5.41, 5.74) is 0. The second-order valence-electron chi connectivity index (χ2n) is 5.09. The minimum absolute atomic E-state index is 0. The van der Waals surface area contributed by atoms with Crippen LogP contribution in [0.3, 0.4) is 0 Å². The molecular weight excluding hydrogens is 226 g/mol. The number of aliphatic carboxylic acids is 1. The van der Waals surface area contributed by atoms with E-state index in [0.29, 0.717) is 0 Å². The smallest absolute Gasteiger partial charge is 0.307 e. The Bertz CT molecular complexity index is 229. The summed E-state index contributed by atoms with van der Waals surface area (Å²) < 4.78 is 0. The minimum atomic E-state index is -0.610. The average molecular weight is 248 g/mol. The Labute approximate surface area is 104 Å². The normalized spacial score (nSPS) is 27.6. The van der Waals surface area contributed by atoms with Crippen molar-refractivity contribution in [2.45, 2.75) is 38.5 Å². The van der Waals surface area contributed by atoms with Crippen LogP contribution in [0.25, 0.3) is 0 Å². The first kappa shape index (κ1) is 13.8. The summed E-state index contributed by atoms with van der Waals surface area (Å²) in [6.45, 7) is 2.92. The van der Waals surface area contributed by atoms with Gasteiger partial charge in [0.05, 0.1) is 5.92 Å². The van der Waals surface area contributed by atoms with Gasteiger partial charge in [0.15, 0.2) is 0 Å². The monoisotopic (exact) mass is 247 g/mol. The van der Waals surface area contributed by atoms with Gasteiger partial charge in [-0.15, -0.1) is 12.4 Å². The third kappa shape index (κ3) is 3.63. The number of carboxylic acids is 1.